The van der Waals surface area contributed by atoms with E-state index in [1.807, 2.05) is 4.90 Å². The summed E-state index contributed by atoms with van der Waals surface area (Å²) in [5.41, 5.74) is 1.60. The Morgan fingerprint density at radius 3 is 2.77 bits per heavy atom. The molecule has 1 aromatic heterocycles. The number of thiazole rings is 1. The van der Waals surface area contributed by atoms with Crippen molar-refractivity contribution in [2.75, 3.05) is 29.9 Å². The van der Waals surface area contributed by atoms with Crippen LogP contribution in [0.2, 0.25) is 10.0 Å². The number of ether oxygens (including phenoxy) is 1. The van der Waals surface area contributed by atoms with Crippen molar-refractivity contribution in [1.29, 1.82) is 0 Å². The van der Waals surface area contributed by atoms with Gasteiger partial charge in [0.05, 0.1) is 17.3 Å². The van der Waals surface area contributed by atoms with E-state index in [4.69, 9.17) is 27.9 Å². The average Bonchev–Trinajstić information content (AvgIpc) is 3.23. The predicted octanol–water partition coefficient (Wildman–Crippen LogP) is 4.22. The summed E-state index contributed by atoms with van der Waals surface area (Å²) < 4.78 is 5.66. The zero-order valence-corrected chi connectivity index (χ0v) is 18.6. The zero-order valence-electron chi connectivity index (χ0n) is 16.2. The number of nitrogens with one attached hydrogen (secondary N) is 2. The lowest BCUT2D eigenvalue weighted by atomic mass is 10.2. The normalized spacial score (nSPS) is 13.6. The number of carbonyl (C=O) groups excluding carboxylic acids is 2. The molecule has 10 heteroatoms. The number of anilines is 2. The second-order valence-corrected chi connectivity index (χ2v) is 8.55. The Morgan fingerprint density at radius 2 is 2.03 bits per heavy atom. The van der Waals surface area contributed by atoms with Crippen LogP contribution in [0.25, 0.3) is 0 Å². The molecule has 2 amide bonds. The Bertz CT molecular complexity index is 1100. The van der Waals surface area contributed by atoms with Gasteiger partial charge in [0, 0.05) is 29.2 Å². The molecule has 0 aliphatic carbocycles. The SMILES string of the molecule is O=C1CN(c2ccc(NC(=O)c3csc(COc4ccc(Cl)cc4)n3)cc2Cl)CCN1. The number of aromatic nitrogens is 1. The Morgan fingerprint density at radius 1 is 1.23 bits per heavy atom. The average molecular weight is 477 g/mol. The first kappa shape index (κ1) is 21.4. The van der Waals surface area contributed by atoms with E-state index in [1.165, 1.54) is 11.3 Å². The van der Waals surface area contributed by atoms with Crippen LogP contribution in [0.15, 0.2) is 47.8 Å². The molecule has 4 rings (SSSR count). The van der Waals surface area contributed by atoms with Gasteiger partial charge in [0.25, 0.3) is 5.91 Å². The minimum atomic E-state index is -0.338. The van der Waals surface area contributed by atoms with Gasteiger partial charge in [0.1, 0.15) is 23.1 Å². The van der Waals surface area contributed by atoms with Crippen LogP contribution in [0.1, 0.15) is 15.5 Å². The van der Waals surface area contributed by atoms with Crippen LogP contribution in [0.3, 0.4) is 0 Å². The van der Waals surface area contributed by atoms with Crippen LogP contribution in [-0.2, 0) is 11.4 Å². The van der Waals surface area contributed by atoms with Gasteiger partial charge in [-0.15, -0.1) is 11.3 Å². The summed E-state index contributed by atoms with van der Waals surface area (Å²) in [6.45, 7) is 1.76. The van der Waals surface area contributed by atoms with E-state index in [0.717, 1.165) is 5.69 Å². The lowest BCUT2D eigenvalue weighted by molar-refractivity contribution is -0.120. The Balaban J connectivity index is 1.36. The van der Waals surface area contributed by atoms with Crippen LogP contribution in [0.5, 0.6) is 5.75 Å². The lowest BCUT2D eigenvalue weighted by Crippen LogP contribution is -2.47. The third-order valence-electron chi connectivity index (χ3n) is 4.54. The molecular weight excluding hydrogens is 459 g/mol. The molecule has 2 heterocycles. The van der Waals surface area contributed by atoms with Crippen molar-refractivity contribution >= 4 is 57.7 Å². The first-order chi connectivity index (χ1) is 15.0. The maximum atomic E-state index is 12.6. The van der Waals surface area contributed by atoms with E-state index in [0.29, 0.717) is 45.3 Å². The molecule has 0 radical (unpaired) electrons. The van der Waals surface area contributed by atoms with Crippen LogP contribution in [-0.4, -0.2) is 36.4 Å². The summed E-state index contributed by atoms with van der Waals surface area (Å²) in [6.07, 6.45) is 0. The van der Waals surface area contributed by atoms with Crippen LogP contribution in [0.4, 0.5) is 11.4 Å². The number of piperazine rings is 1. The van der Waals surface area contributed by atoms with Crippen molar-refractivity contribution in [3.05, 3.63) is 68.6 Å². The fraction of sp³-hybridized carbons (Fsp3) is 0.190. The molecule has 0 saturated carbocycles. The first-order valence-corrected chi connectivity index (χ1v) is 11.1. The van der Waals surface area contributed by atoms with E-state index in [-0.39, 0.29) is 25.0 Å². The van der Waals surface area contributed by atoms with E-state index >= 15 is 0 Å². The number of benzene rings is 2. The number of nitrogens with zero attached hydrogens (tertiary/aromatic N) is 2. The smallest absolute Gasteiger partial charge is 0.275 e. The number of amides is 2. The molecule has 0 bridgehead atoms. The van der Waals surface area contributed by atoms with E-state index < -0.39 is 0 Å². The second kappa shape index (κ2) is 9.55. The maximum Gasteiger partial charge on any atom is 0.275 e. The molecule has 0 atom stereocenters. The Kier molecular flexibility index (Phi) is 6.60. The van der Waals surface area contributed by atoms with Crippen molar-refractivity contribution < 1.29 is 14.3 Å². The topological polar surface area (TPSA) is 83.6 Å². The van der Waals surface area contributed by atoms with Crippen molar-refractivity contribution in [1.82, 2.24) is 10.3 Å². The molecule has 1 aliphatic heterocycles. The van der Waals surface area contributed by atoms with Crippen LogP contribution < -0.4 is 20.3 Å². The van der Waals surface area contributed by atoms with Gasteiger partial charge in [0.2, 0.25) is 5.91 Å². The van der Waals surface area contributed by atoms with Gasteiger partial charge in [0.15, 0.2) is 0 Å². The molecule has 2 aromatic carbocycles. The number of rotatable bonds is 6. The van der Waals surface area contributed by atoms with Crippen LogP contribution in [0, 0.1) is 0 Å². The summed E-state index contributed by atoms with van der Waals surface area (Å²) >= 11 is 13.6. The molecule has 31 heavy (non-hydrogen) atoms. The van der Waals surface area contributed by atoms with Crippen molar-refractivity contribution in [3.8, 4) is 5.75 Å². The van der Waals surface area contributed by atoms with E-state index in [9.17, 15) is 9.59 Å². The minimum absolute atomic E-state index is 0.0425. The highest BCUT2D eigenvalue weighted by molar-refractivity contribution is 7.09. The van der Waals surface area contributed by atoms with E-state index in [1.54, 1.807) is 47.8 Å². The number of hydrogen-bond acceptors (Lipinski definition) is 6. The van der Waals surface area contributed by atoms with Gasteiger partial charge in [-0.05, 0) is 42.5 Å². The van der Waals surface area contributed by atoms with E-state index in [2.05, 4.69) is 15.6 Å². The summed E-state index contributed by atoms with van der Waals surface area (Å²) in [7, 11) is 0. The van der Waals surface area contributed by atoms with Crippen molar-refractivity contribution in [2.24, 2.45) is 0 Å². The first-order valence-electron chi connectivity index (χ1n) is 9.43. The molecule has 3 aromatic rings. The van der Waals surface area contributed by atoms with Gasteiger partial charge in [-0.25, -0.2) is 4.98 Å². The molecule has 2 N–H and O–H groups in total. The quantitative estimate of drug-likeness (QED) is 0.556. The van der Waals surface area contributed by atoms with Crippen molar-refractivity contribution in [2.45, 2.75) is 6.61 Å². The maximum absolute atomic E-state index is 12.6. The summed E-state index contributed by atoms with van der Waals surface area (Å²) in [4.78, 5) is 30.4. The predicted molar refractivity (Wildman–Crippen MR) is 123 cm³/mol. The molecule has 1 fully saturated rings. The molecule has 1 aliphatic rings. The standard InChI is InChI=1S/C21H18Cl2N4O3S/c22-13-1-4-15(5-2-13)30-11-20-26-17(12-31-20)21(29)25-14-3-6-18(16(23)9-14)27-8-7-24-19(28)10-27/h1-6,9,12H,7-8,10-11H2,(H,24,28)(H,25,29). The molecule has 0 spiro atoms. The molecular formula is C21H18Cl2N4O3S. The summed E-state index contributed by atoms with van der Waals surface area (Å²) in [6, 6.07) is 12.2. The van der Waals surface area contributed by atoms with Gasteiger partial charge in [-0.3, -0.25) is 9.59 Å². The highest BCUT2D eigenvalue weighted by Gasteiger charge is 2.19. The molecule has 1 saturated heterocycles. The lowest BCUT2D eigenvalue weighted by Gasteiger charge is -2.29. The van der Waals surface area contributed by atoms with Gasteiger partial charge >= 0.3 is 0 Å². The largest absolute Gasteiger partial charge is 0.486 e. The highest BCUT2D eigenvalue weighted by Crippen LogP contribution is 2.29. The van der Waals surface area contributed by atoms with Crippen LogP contribution >= 0.6 is 34.5 Å². The number of hydrogen-bond donors (Lipinski definition) is 2. The van der Waals surface area contributed by atoms with Gasteiger partial charge < -0.3 is 20.3 Å². The Labute approximate surface area is 192 Å². The summed E-state index contributed by atoms with van der Waals surface area (Å²) in [5, 5.41) is 9.03. The molecule has 0 unspecified atom stereocenters. The third kappa shape index (κ3) is 5.46. The van der Waals surface area contributed by atoms with Gasteiger partial charge in [-0.2, -0.15) is 0 Å². The number of carbonyl (C=O) groups is 2. The number of halogens is 2. The van der Waals surface area contributed by atoms with Gasteiger partial charge in [-0.1, -0.05) is 23.2 Å². The molecule has 7 nitrogen and oxygen atoms in total. The fourth-order valence-corrected chi connectivity index (χ4v) is 4.15. The monoisotopic (exact) mass is 476 g/mol. The highest BCUT2D eigenvalue weighted by atomic mass is 35.5. The molecule has 160 valence electrons. The Hall–Kier alpha value is -2.81. The second-order valence-electron chi connectivity index (χ2n) is 6.76. The fourth-order valence-electron chi connectivity index (χ4n) is 3.04. The minimum Gasteiger partial charge on any atom is -0.486 e. The third-order valence-corrected chi connectivity index (χ3v) is 5.92. The zero-order chi connectivity index (χ0) is 21.8. The van der Waals surface area contributed by atoms with Crippen molar-refractivity contribution in [3.63, 3.8) is 0 Å². The summed E-state index contributed by atoms with van der Waals surface area (Å²) in [5.74, 6) is 0.292.